The maximum absolute atomic E-state index is 14.6. The van der Waals surface area contributed by atoms with Crippen molar-refractivity contribution in [2.75, 3.05) is 10.6 Å². The van der Waals surface area contributed by atoms with Gasteiger partial charge < -0.3 is 15.7 Å². The number of aromatic nitrogens is 1. The molecule has 1 aliphatic rings. The number of carboxylic acids is 1. The first-order chi connectivity index (χ1) is 26.1. The van der Waals surface area contributed by atoms with E-state index in [1.54, 1.807) is 54.6 Å². The van der Waals surface area contributed by atoms with E-state index < -0.39 is 23.7 Å². The van der Waals surface area contributed by atoms with Crippen molar-refractivity contribution in [3.63, 3.8) is 0 Å². The van der Waals surface area contributed by atoms with E-state index in [0.29, 0.717) is 52.0 Å². The summed E-state index contributed by atoms with van der Waals surface area (Å²) in [5.74, 6) is -0.955. The van der Waals surface area contributed by atoms with Crippen molar-refractivity contribution in [2.24, 2.45) is 0 Å². The lowest BCUT2D eigenvalue weighted by Crippen LogP contribution is -2.19. The maximum atomic E-state index is 14.6. The average molecular weight is 720 g/mol. The van der Waals surface area contributed by atoms with Crippen LogP contribution in [0.25, 0.3) is 44.4 Å². The van der Waals surface area contributed by atoms with Gasteiger partial charge in [-0.05, 0) is 105 Å². The lowest BCUT2D eigenvalue weighted by atomic mass is 9.91. The van der Waals surface area contributed by atoms with Crippen LogP contribution in [0.5, 0.6) is 0 Å². The Morgan fingerprint density at radius 2 is 1.37 bits per heavy atom. The number of rotatable bonds is 8. The number of carboxylic acid groups (broad SMARTS) is 1. The number of hydrogen-bond acceptors (Lipinski definition) is 3. The number of carbonyl (C=O) groups excluding carboxylic acids is 1. The molecule has 7 aromatic rings. The maximum Gasteiger partial charge on any atom is 0.418 e. The number of anilines is 2. The minimum Gasteiger partial charge on any atom is -0.481 e. The predicted octanol–water partition coefficient (Wildman–Crippen LogP) is 11.0. The zero-order valence-corrected chi connectivity index (χ0v) is 28.7. The SMILES string of the molecule is O=C(O)Cc1ccc(NC(=O)Nc2cccc(-c3cc(-c4cc(Cc5ccccc5)cc5c4Cc4ccccc4-5)nc4c(C(F)(F)F)cccc34)c2)cc1. The molecule has 0 radical (unpaired) electrons. The fourth-order valence-electron chi connectivity index (χ4n) is 7.24. The molecule has 9 heteroatoms. The van der Waals surface area contributed by atoms with Crippen LogP contribution in [0.15, 0.2) is 140 Å². The van der Waals surface area contributed by atoms with Gasteiger partial charge in [0, 0.05) is 22.3 Å². The van der Waals surface area contributed by atoms with E-state index in [1.807, 2.05) is 36.4 Å². The van der Waals surface area contributed by atoms with Crippen molar-refractivity contribution in [3.05, 3.63) is 173 Å². The number of aliphatic carboxylic acids is 1. The zero-order valence-electron chi connectivity index (χ0n) is 28.7. The molecule has 1 heterocycles. The van der Waals surface area contributed by atoms with Crippen molar-refractivity contribution < 1.29 is 27.9 Å². The number of pyridine rings is 1. The van der Waals surface area contributed by atoms with Crippen LogP contribution in [0.2, 0.25) is 0 Å². The van der Waals surface area contributed by atoms with Crippen molar-refractivity contribution in [1.82, 2.24) is 4.98 Å². The van der Waals surface area contributed by atoms with E-state index in [1.165, 1.54) is 6.07 Å². The highest BCUT2D eigenvalue weighted by molar-refractivity contribution is 6.02. The third-order valence-corrected chi connectivity index (χ3v) is 9.65. The molecule has 266 valence electrons. The first-order valence-electron chi connectivity index (χ1n) is 17.4. The lowest BCUT2D eigenvalue weighted by molar-refractivity contribution is -0.137. The number of nitrogens with one attached hydrogen (secondary N) is 2. The minimum absolute atomic E-state index is 0.135. The summed E-state index contributed by atoms with van der Waals surface area (Å²) in [7, 11) is 0. The van der Waals surface area contributed by atoms with Crippen LogP contribution >= 0.6 is 0 Å². The van der Waals surface area contributed by atoms with Gasteiger partial charge in [0.25, 0.3) is 0 Å². The molecule has 0 bridgehead atoms. The summed E-state index contributed by atoms with van der Waals surface area (Å²) in [6, 6.07) is 41.3. The predicted molar refractivity (Wildman–Crippen MR) is 206 cm³/mol. The Morgan fingerprint density at radius 1 is 0.648 bits per heavy atom. The highest BCUT2D eigenvalue weighted by Crippen LogP contribution is 2.45. The van der Waals surface area contributed by atoms with Crippen LogP contribution in [0.3, 0.4) is 0 Å². The number of alkyl halides is 3. The van der Waals surface area contributed by atoms with Gasteiger partial charge in [-0.15, -0.1) is 0 Å². The van der Waals surface area contributed by atoms with Gasteiger partial charge in [0.15, 0.2) is 0 Å². The summed E-state index contributed by atoms with van der Waals surface area (Å²) in [6.45, 7) is 0. The largest absolute Gasteiger partial charge is 0.481 e. The topological polar surface area (TPSA) is 91.3 Å². The number of amides is 2. The van der Waals surface area contributed by atoms with Gasteiger partial charge in [-0.3, -0.25) is 4.79 Å². The number of para-hydroxylation sites is 1. The van der Waals surface area contributed by atoms with Gasteiger partial charge in [-0.1, -0.05) is 97.1 Å². The lowest BCUT2D eigenvalue weighted by Gasteiger charge is -2.18. The number of halogens is 3. The highest BCUT2D eigenvalue weighted by atomic mass is 19.4. The van der Waals surface area contributed by atoms with Crippen molar-refractivity contribution >= 4 is 34.3 Å². The minimum atomic E-state index is -4.65. The third kappa shape index (κ3) is 7.04. The zero-order chi connectivity index (χ0) is 37.4. The number of hydrogen-bond donors (Lipinski definition) is 3. The van der Waals surface area contributed by atoms with Gasteiger partial charge in [0.05, 0.1) is 23.2 Å². The second-order valence-corrected chi connectivity index (χ2v) is 13.3. The number of carbonyl (C=O) groups is 2. The number of benzene rings is 6. The summed E-state index contributed by atoms with van der Waals surface area (Å²) in [6.07, 6.45) is -3.52. The van der Waals surface area contributed by atoms with Gasteiger partial charge in [-0.2, -0.15) is 13.2 Å². The molecule has 0 spiro atoms. The highest BCUT2D eigenvalue weighted by Gasteiger charge is 2.34. The fraction of sp³-hybridized carbons (Fsp3) is 0.0889. The van der Waals surface area contributed by atoms with E-state index >= 15 is 0 Å². The van der Waals surface area contributed by atoms with Crippen LogP contribution < -0.4 is 10.6 Å². The van der Waals surface area contributed by atoms with Crippen molar-refractivity contribution in [1.29, 1.82) is 0 Å². The third-order valence-electron chi connectivity index (χ3n) is 9.65. The number of nitrogens with zero attached hydrogens (tertiary/aromatic N) is 1. The summed E-state index contributed by atoms with van der Waals surface area (Å²) in [5.41, 5.74) is 9.29. The molecule has 0 saturated carbocycles. The molecular weight excluding hydrogens is 688 g/mol. The molecule has 54 heavy (non-hydrogen) atoms. The summed E-state index contributed by atoms with van der Waals surface area (Å²) in [4.78, 5) is 28.8. The molecule has 0 saturated heterocycles. The quantitative estimate of drug-likeness (QED) is 0.146. The average Bonchev–Trinajstić information content (AvgIpc) is 3.53. The van der Waals surface area contributed by atoms with Gasteiger partial charge in [0.2, 0.25) is 0 Å². The fourth-order valence-corrected chi connectivity index (χ4v) is 7.24. The van der Waals surface area contributed by atoms with E-state index in [-0.39, 0.29) is 11.9 Å². The molecule has 1 aromatic heterocycles. The number of urea groups is 1. The molecule has 0 atom stereocenters. The Bertz CT molecular complexity index is 2570. The smallest absolute Gasteiger partial charge is 0.418 e. The van der Waals surface area contributed by atoms with Crippen molar-refractivity contribution in [3.8, 4) is 33.5 Å². The van der Waals surface area contributed by atoms with E-state index in [0.717, 1.165) is 45.0 Å². The van der Waals surface area contributed by atoms with Crippen LogP contribution in [-0.4, -0.2) is 22.1 Å². The Morgan fingerprint density at radius 3 is 2.15 bits per heavy atom. The first kappa shape index (κ1) is 34.4. The standard InChI is InChI=1S/C45H32F3N3O3/c46-45(47,48)40-15-7-14-35-36(30-11-6-12-33(24-30)50-44(54)49-32-18-16-28(17-19-32)23-42(52)53)26-41(51-43(35)40)39-22-29(20-27-8-2-1-3-9-27)21-37-34-13-5-4-10-31(34)25-38(37)39/h1-19,21-22,24,26H,20,23,25H2,(H,52,53)(H2,49,50,54). The van der Waals surface area contributed by atoms with Crippen LogP contribution in [-0.2, 0) is 30.2 Å². The Hall–Kier alpha value is -6.74. The molecule has 6 nitrogen and oxygen atoms in total. The Labute approximate surface area is 309 Å². The monoisotopic (exact) mass is 719 g/mol. The first-order valence-corrected chi connectivity index (χ1v) is 17.4. The molecule has 0 unspecified atom stereocenters. The Kier molecular flexibility index (Phi) is 8.91. The Balaban J connectivity index is 1.22. The van der Waals surface area contributed by atoms with Gasteiger partial charge in [0.1, 0.15) is 0 Å². The van der Waals surface area contributed by atoms with Gasteiger partial charge >= 0.3 is 18.2 Å². The number of fused-ring (bicyclic) bond motifs is 4. The second-order valence-electron chi connectivity index (χ2n) is 13.3. The molecule has 6 aromatic carbocycles. The van der Waals surface area contributed by atoms with Crippen LogP contribution in [0.1, 0.15) is 33.4 Å². The van der Waals surface area contributed by atoms with Crippen molar-refractivity contribution in [2.45, 2.75) is 25.4 Å². The molecule has 8 rings (SSSR count). The molecule has 0 fully saturated rings. The molecular formula is C45H32F3N3O3. The van der Waals surface area contributed by atoms with Gasteiger partial charge in [-0.25, -0.2) is 9.78 Å². The second kappa shape index (κ2) is 14.0. The molecule has 0 aliphatic heterocycles. The summed E-state index contributed by atoms with van der Waals surface area (Å²) in [5, 5.41) is 14.9. The van der Waals surface area contributed by atoms with E-state index in [4.69, 9.17) is 10.1 Å². The molecule has 2 amide bonds. The normalized spacial score (nSPS) is 11.9. The van der Waals surface area contributed by atoms with Crippen LogP contribution in [0.4, 0.5) is 29.3 Å². The van der Waals surface area contributed by atoms with E-state index in [2.05, 4.69) is 47.0 Å². The van der Waals surface area contributed by atoms with E-state index in [9.17, 15) is 22.8 Å². The molecule has 1 aliphatic carbocycles. The summed E-state index contributed by atoms with van der Waals surface area (Å²) >= 11 is 0. The summed E-state index contributed by atoms with van der Waals surface area (Å²) < 4.78 is 43.9. The van der Waals surface area contributed by atoms with Crippen LogP contribution in [0, 0.1) is 0 Å². The molecule has 3 N–H and O–H groups in total.